The molecule has 266 valence electrons. The second-order valence-corrected chi connectivity index (χ2v) is 12.4. The van der Waals surface area contributed by atoms with Gasteiger partial charge in [0.1, 0.15) is 18.1 Å². The molecule has 0 bridgehead atoms. The minimum atomic E-state index is -1.27. The van der Waals surface area contributed by atoms with E-state index in [1.165, 1.54) is 0 Å². The molecule has 14 nitrogen and oxygen atoms in total. The number of hydrogen-bond donors (Lipinski definition) is 9. The van der Waals surface area contributed by atoms with Crippen LogP contribution in [0.5, 0.6) is 0 Å². The Labute approximate surface area is 294 Å². The van der Waals surface area contributed by atoms with Crippen molar-refractivity contribution in [2.75, 3.05) is 6.54 Å². The average molecular weight is 694 g/mol. The van der Waals surface area contributed by atoms with Gasteiger partial charge in [-0.1, -0.05) is 66.7 Å². The molecule has 3 aromatic carbocycles. The summed E-state index contributed by atoms with van der Waals surface area (Å²) in [5, 5.41) is 19.9. The van der Waals surface area contributed by atoms with Crippen molar-refractivity contribution in [3.8, 4) is 0 Å². The number of benzene rings is 3. The molecule has 14 heteroatoms. The summed E-state index contributed by atoms with van der Waals surface area (Å²) in [5.74, 6) is -3.25. The van der Waals surface area contributed by atoms with Crippen molar-refractivity contribution in [1.82, 2.24) is 25.9 Å². The standard InChI is InChI=1S/C37H43N9O5/c38-27(18-23-20-42-28-13-6-4-11-25(23)28)33(47)45-31(17-22-9-2-1-3-10-22)34(48)46-32(19-24-21-43-29-14-7-5-12-26(24)29)35(49)44-30(36(50)51)15-8-16-41-37(39)40/h1-7,9-14,20-21,27,30-32,42-43H,8,15-19,38H2,(H,44,49)(H,45,47)(H,46,48)(H,50,51)(H4,39,40,41). The molecule has 0 saturated heterocycles. The number of amides is 3. The Morgan fingerprint density at radius 2 is 1.18 bits per heavy atom. The summed E-state index contributed by atoms with van der Waals surface area (Å²) in [6.07, 6.45) is 4.27. The molecule has 5 aromatic rings. The van der Waals surface area contributed by atoms with Gasteiger partial charge in [-0.05, 0) is 48.1 Å². The summed E-state index contributed by atoms with van der Waals surface area (Å²) in [5.41, 5.74) is 21.2. The van der Waals surface area contributed by atoms with Gasteiger partial charge in [0.25, 0.3) is 0 Å². The van der Waals surface area contributed by atoms with E-state index in [-0.39, 0.29) is 38.2 Å². The first-order valence-electron chi connectivity index (χ1n) is 16.7. The highest BCUT2D eigenvalue weighted by molar-refractivity contribution is 5.95. The summed E-state index contributed by atoms with van der Waals surface area (Å²) in [6, 6.07) is 19.8. The number of H-pyrrole nitrogens is 2. The number of guanidine groups is 1. The van der Waals surface area contributed by atoms with Crippen LogP contribution < -0.4 is 33.2 Å². The van der Waals surface area contributed by atoms with Crippen molar-refractivity contribution < 1.29 is 24.3 Å². The highest BCUT2D eigenvalue weighted by Gasteiger charge is 2.31. The predicted octanol–water partition coefficient (Wildman–Crippen LogP) is 1.60. The smallest absolute Gasteiger partial charge is 0.326 e. The van der Waals surface area contributed by atoms with Crippen LogP contribution in [0.25, 0.3) is 21.8 Å². The quantitative estimate of drug-likeness (QED) is 0.0392. The normalized spacial score (nSPS) is 13.5. The maximum atomic E-state index is 14.1. The van der Waals surface area contributed by atoms with Crippen molar-refractivity contribution in [1.29, 1.82) is 0 Å². The number of fused-ring (bicyclic) bond motifs is 2. The van der Waals surface area contributed by atoms with E-state index in [0.717, 1.165) is 38.5 Å². The van der Waals surface area contributed by atoms with Crippen molar-refractivity contribution in [3.63, 3.8) is 0 Å². The first-order valence-corrected chi connectivity index (χ1v) is 16.7. The second kappa shape index (κ2) is 17.0. The Balaban J connectivity index is 1.36. The number of carboxylic acid groups (broad SMARTS) is 1. The number of nitrogens with zero attached hydrogens (tertiary/aromatic N) is 1. The number of nitrogens with two attached hydrogens (primary N) is 3. The lowest BCUT2D eigenvalue weighted by molar-refractivity contribution is -0.142. The van der Waals surface area contributed by atoms with Gasteiger partial charge >= 0.3 is 5.97 Å². The van der Waals surface area contributed by atoms with Crippen LogP contribution in [0.2, 0.25) is 0 Å². The van der Waals surface area contributed by atoms with E-state index in [2.05, 4.69) is 30.9 Å². The lowest BCUT2D eigenvalue weighted by Gasteiger charge is -2.25. The van der Waals surface area contributed by atoms with E-state index in [1.54, 1.807) is 6.20 Å². The molecule has 0 fully saturated rings. The fraction of sp³-hybridized carbons (Fsp3) is 0.270. The maximum absolute atomic E-state index is 14.1. The SMILES string of the molecule is NC(N)=NCCCC(NC(=O)C(Cc1c[nH]c2ccccc12)NC(=O)C(Cc1ccccc1)NC(=O)C(N)Cc1c[nH]c2ccccc12)C(=O)O. The third kappa shape index (κ3) is 9.73. The topological polar surface area (TPSA) is 247 Å². The van der Waals surface area contributed by atoms with Gasteiger partial charge in [0, 0.05) is 53.6 Å². The summed E-state index contributed by atoms with van der Waals surface area (Å²) in [7, 11) is 0. The molecule has 4 atom stereocenters. The van der Waals surface area contributed by atoms with Crippen LogP contribution >= 0.6 is 0 Å². The number of hydrogen-bond acceptors (Lipinski definition) is 6. The number of aromatic nitrogens is 2. The van der Waals surface area contributed by atoms with E-state index >= 15 is 0 Å². The lowest BCUT2D eigenvalue weighted by Crippen LogP contribution is -2.58. The van der Waals surface area contributed by atoms with Crippen LogP contribution in [0.4, 0.5) is 0 Å². The Kier molecular flexibility index (Phi) is 12.0. The van der Waals surface area contributed by atoms with Gasteiger partial charge in [0.2, 0.25) is 17.7 Å². The molecule has 0 aliphatic rings. The van der Waals surface area contributed by atoms with Crippen molar-refractivity contribution in [2.45, 2.75) is 56.3 Å². The van der Waals surface area contributed by atoms with Crippen molar-refractivity contribution >= 4 is 51.5 Å². The molecule has 3 amide bonds. The third-order valence-corrected chi connectivity index (χ3v) is 8.66. The van der Waals surface area contributed by atoms with Gasteiger partial charge in [0.05, 0.1) is 6.04 Å². The molecular weight excluding hydrogens is 650 g/mol. The number of carbonyl (C=O) groups excluding carboxylic acids is 3. The second-order valence-electron chi connectivity index (χ2n) is 12.4. The highest BCUT2D eigenvalue weighted by Crippen LogP contribution is 2.21. The van der Waals surface area contributed by atoms with Crippen LogP contribution in [0.15, 0.2) is 96.2 Å². The van der Waals surface area contributed by atoms with E-state index in [1.807, 2.05) is 85.1 Å². The zero-order valence-electron chi connectivity index (χ0n) is 28.0. The van der Waals surface area contributed by atoms with Crippen LogP contribution in [0.3, 0.4) is 0 Å². The van der Waals surface area contributed by atoms with Gasteiger partial charge < -0.3 is 48.2 Å². The number of carboxylic acids is 1. The molecule has 0 radical (unpaired) electrons. The van der Waals surface area contributed by atoms with Crippen LogP contribution in [-0.4, -0.2) is 75.4 Å². The molecule has 4 unspecified atom stereocenters. The van der Waals surface area contributed by atoms with Crippen LogP contribution in [0, 0.1) is 0 Å². The third-order valence-electron chi connectivity index (χ3n) is 8.66. The summed E-state index contributed by atoms with van der Waals surface area (Å²) in [6.45, 7) is 0.181. The summed E-state index contributed by atoms with van der Waals surface area (Å²) < 4.78 is 0. The van der Waals surface area contributed by atoms with Gasteiger partial charge in [-0.15, -0.1) is 0 Å². The van der Waals surface area contributed by atoms with Gasteiger partial charge in [-0.3, -0.25) is 19.4 Å². The van der Waals surface area contributed by atoms with Gasteiger partial charge in [0.15, 0.2) is 5.96 Å². The molecule has 51 heavy (non-hydrogen) atoms. The Hall–Kier alpha value is -6.15. The maximum Gasteiger partial charge on any atom is 0.326 e. The Morgan fingerprint density at radius 1 is 0.667 bits per heavy atom. The number of nitrogens with one attached hydrogen (secondary N) is 5. The zero-order chi connectivity index (χ0) is 36.3. The number of aliphatic carboxylic acids is 1. The molecular formula is C37H43N9O5. The number of para-hydroxylation sites is 2. The zero-order valence-corrected chi connectivity index (χ0v) is 28.0. The number of carbonyl (C=O) groups is 4. The fourth-order valence-electron chi connectivity index (χ4n) is 6.00. The monoisotopic (exact) mass is 693 g/mol. The number of rotatable bonds is 17. The molecule has 12 N–H and O–H groups in total. The Morgan fingerprint density at radius 3 is 1.76 bits per heavy atom. The van der Waals surface area contributed by atoms with E-state index in [4.69, 9.17) is 17.2 Å². The van der Waals surface area contributed by atoms with E-state index in [9.17, 15) is 24.3 Å². The molecule has 2 aromatic heterocycles. The predicted molar refractivity (Wildman–Crippen MR) is 195 cm³/mol. The molecule has 5 rings (SSSR count). The summed E-state index contributed by atoms with van der Waals surface area (Å²) >= 11 is 0. The minimum Gasteiger partial charge on any atom is -0.480 e. The first-order chi connectivity index (χ1) is 24.6. The highest BCUT2D eigenvalue weighted by atomic mass is 16.4. The van der Waals surface area contributed by atoms with E-state index < -0.39 is 47.9 Å². The van der Waals surface area contributed by atoms with Gasteiger partial charge in [-0.25, -0.2) is 4.79 Å². The van der Waals surface area contributed by atoms with Crippen LogP contribution in [-0.2, 0) is 38.4 Å². The fourth-order valence-corrected chi connectivity index (χ4v) is 6.00. The lowest BCUT2D eigenvalue weighted by atomic mass is 10.0. The molecule has 0 spiro atoms. The number of aromatic amines is 2. The average Bonchev–Trinajstić information content (AvgIpc) is 3.73. The Bertz CT molecular complexity index is 2000. The largest absolute Gasteiger partial charge is 0.480 e. The molecule has 0 aliphatic heterocycles. The number of aliphatic imine (C=N–C) groups is 1. The molecule has 0 aliphatic carbocycles. The van der Waals surface area contributed by atoms with Gasteiger partial charge in [-0.2, -0.15) is 0 Å². The minimum absolute atomic E-state index is 0.0357. The summed E-state index contributed by atoms with van der Waals surface area (Å²) in [4.78, 5) is 63.8. The van der Waals surface area contributed by atoms with Crippen molar-refractivity contribution in [2.24, 2.45) is 22.2 Å². The van der Waals surface area contributed by atoms with Crippen molar-refractivity contribution in [3.05, 3.63) is 108 Å². The molecule has 2 heterocycles. The first kappa shape index (κ1) is 36.1. The molecule has 0 saturated carbocycles. The van der Waals surface area contributed by atoms with E-state index in [0.29, 0.717) is 6.42 Å². The van der Waals surface area contributed by atoms with Crippen LogP contribution in [0.1, 0.15) is 29.5 Å².